The second-order valence-electron chi connectivity index (χ2n) is 4.89. The third-order valence-corrected chi connectivity index (χ3v) is 3.67. The summed E-state index contributed by atoms with van der Waals surface area (Å²) < 4.78 is 0. The van der Waals surface area contributed by atoms with E-state index >= 15 is 0 Å². The van der Waals surface area contributed by atoms with E-state index in [1.54, 1.807) is 31.2 Å². The fourth-order valence-corrected chi connectivity index (χ4v) is 2.35. The van der Waals surface area contributed by atoms with Crippen molar-refractivity contribution < 1.29 is 9.90 Å². The Bertz CT molecular complexity index is 857. The summed E-state index contributed by atoms with van der Waals surface area (Å²) in [4.78, 5) is 12.2. The highest BCUT2D eigenvalue weighted by molar-refractivity contribution is 6.36. The zero-order valence-corrected chi connectivity index (χ0v) is 14.1. The van der Waals surface area contributed by atoms with E-state index in [2.05, 4.69) is 10.6 Å². The van der Waals surface area contributed by atoms with Gasteiger partial charge in [0.25, 0.3) is 5.91 Å². The monoisotopic (exact) mass is 361 g/mol. The van der Waals surface area contributed by atoms with Crippen molar-refractivity contribution in [3.8, 4) is 11.8 Å². The molecule has 24 heavy (non-hydrogen) atoms. The summed E-state index contributed by atoms with van der Waals surface area (Å²) in [6.45, 7) is 1.73. The van der Waals surface area contributed by atoms with Crippen molar-refractivity contribution in [2.75, 3.05) is 10.6 Å². The number of phenolic OH excluding ortho intramolecular Hbond substituents is 1. The zero-order chi connectivity index (χ0) is 17.7. The van der Waals surface area contributed by atoms with Crippen LogP contribution in [0.4, 0.5) is 11.4 Å². The minimum atomic E-state index is -0.580. The lowest BCUT2D eigenvalue weighted by Crippen LogP contribution is -2.15. The lowest BCUT2D eigenvalue weighted by atomic mass is 10.2. The topological polar surface area (TPSA) is 85.2 Å². The smallest absolute Gasteiger partial charge is 0.267 e. The first kappa shape index (κ1) is 17.7. The van der Waals surface area contributed by atoms with Crippen LogP contribution in [0.3, 0.4) is 0 Å². The van der Waals surface area contributed by atoms with Gasteiger partial charge in [0.2, 0.25) is 0 Å². The third-order valence-electron chi connectivity index (χ3n) is 3.13. The van der Waals surface area contributed by atoms with Gasteiger partial charge in [-0.3, -0.25) is 4.79 Å². The summed E-state index contributed by atoms with van der Waals surface area (Å²) in [5.74, 6) is -0.482. The molecule has 2 aromatic carbocycles. The van der Waals surface area contributed by atoms with Crippen LogP contribution in [-0.4, -0.2) is 11.0 Å². The Labute approximate surface area is 149 Å². The van der Waals surface area contributed by atoms with Crippen molar-refractivity contribution in [1.82, 2.24) is 0 Å². The number of amides is 1. The molecule has 122 valence electrons. The van der Waals surface area contributed by atoms with Crippen molar-refractivity contribution in [2.45, 2.75) is 6.92 Å². The minimum Gasteiger partial charge on any atom is -0.508 e. The van der Waals surface area contributed by atoms with Crippen LogP contribution in [0.25, 0.3) is 0 Å². The molecule has 2 rings (SSSR count). The van der Waals surface area contributed by atoms with Gasteiger partial charge in [-0.05, 0) is 48.9 Å². The predicted molar refractivity (Wildman–Crippen MR) is 95.3 cm³/mol. The number of rotatable bonds is 4. The third kappa shape index (κ3) is 4.42. The maximum atomic E-state index is 12.2. The Morgan fingerprint density at radius 3 is 2.54 bits per heavy atom. The molecule has 0 heterocycles. The second kappa shape index (κ2) is 7.73. The van der Waals surface area contributed by atoms with E-state index in [0.29, 0.717) is 27.0 Å². The highest BCUT2D eigenvalue weighted by Crippen LogP contribution is 2.25. The minimum absolute atomic E-state index is 0.0978. The second-order valence-corrected chi connectivity index (χ2v) is 5.74. The maximum absolute atomic E-state index is 12.2. The average molecular weight is 362 g/mol. The largest absolute Gasteiger partial charge is 0.508 e. The Balaban J connectivity index is 2.15. The number of aryl methyl sites for hydroxylation is 1. The molecule has 0 aliphatic heterocycles. The zero-order valence-electron chi connectivity index (χ0n) is 12.6. The maximum Gasteiger partial charge on any atom is 0.267 e. The molecule has 0 atom stereocenters. The number of aromatic hydroxyl groups is 1. The van der Waals surface area contributed by atoms with Gasteiger partial charge in [0.15, 0.2) is 0 Å². The predicted octanol–water partition coefficient (Wildman–Crippen LogP) is 4.47. The van der Waals surface area contributed by atoms with Gasteiger partial charge in [-0.25, -0.2) is 0 Å². The summed E-state index contributed by atoms with van der Waals surface area (Å²) in [5, 5.41) is 24.8. The fraction of sp³-hybridized carbons (Fsp3) is 0.0588. The van der Waals surface area contributed by atoms with Crippen LogP contribution >= 0.6 is 23.2 Å². The first-order valence-electron chi connectivity index (χ1n) is 6.83. The number of phenols is 1. The number of nitrogens with one attached hydrogen (secondary N) is 2. The van der Waals surface area contributed by atoms with Gasteiger partial charge in [0.1, 0.15) is 17.4 Å². The van der Waals surface area contributed by atoms with Gasteiger partial charge in [-0.1, -0.05) is 23.2 Å². The summed E-state index contributed by atoms with van der Waals surface area (Å²) >= 11 is 11.8. The molecule has 0 saturated heterocycles. The summed E-state index contributed by atoms with van der Waals surface area (Å²) in [7, 11) is 0. The van der Waals surface area contributed by atoms with Crippen LogP contribution in [0.5, 0.6) is 5.75 Å². The van der Waals surface area contributed by atoms with Gasteiger partial charge in [-0.2, -0.15) is 5.26 Å². The number of benzene rings is 2. The molecule has 0 unspecified atom stereocenters. The van der Waals surface area contributed by atoms with Crippen LogP contribution in [0, 0.1) is 18.3 Å². The molecule has 0 aromatic heterocycles. The van der Waals surface area contributed by atoms with E-state index in [9.17, 15) is 9.90 Å². The highest BCUT2D eigenvalue weighted by Gasteiger charge is 2.11. The van der Waals surface area contributed by atoms with Crippen LogP contribution in [0.15, 0.2) is 48.2 Å². The Morgan fingerprint density at radius 1 is 1.21 bits per heavy atom. The first-order chi connectivity index (χ1) is 11.4. The average Bonchev–Trinajstić information content (AvgIpc) is 2.52. The quantitative estimate of drug-likeness (QED) is 0.426. The van der Waals surface area contributed by atoms with Gasteiger partial charge in [-0.15, -0.1) is 0 Å². The number of carbonyl (C=O) groups is 1. The molecule has 5 nitrogen and oxygen atoms in total. The van der Waals surface area contributed by atoms with E-state index in [1.165, 1.54) is 18.3 Å². The number of halogens is 2. The first-order valence-corrected chi connectivity index (χ1v) is 7.59. The van der Waals surface area contributed by atoms with Crippen molar-refractivity contribution in [1.29, 1.82) is 5.26 Å². The number of nitrogens with zero attached hydrogens (tertiary/aromatic N) is 1. The molecule has 1 amide bonds. The van der Waals surface area contributed by atoms with Crippen LogP contribution in [0.1, 0.15) is 5.56 Å². The van der Waals surface area contributed by atoms with Gasteiger partial charge in [0.05, 0.1) is 10.7 Å². The molecule has 0 radical (unpaired) electrons. The number of hydrogen-bond acceptors (Lipinski definition) is 4. The van der Waals surface area contributed by atoms with Crippen LogP contribution in [0.2, 0.25) is 10.0 Å². The molecule has 0 bridgehead atoms. The normalized spacial score (nSPS) is 10.8. The molecule has 7 heteroatoms. The standard InChI is InChI=1S/C17H13Cl2N3O2/c1-10-6-13(23)3-5-15(10)22-17(24)11(8-20)9-21-16-4-2-12(18)7-14(16)19/h2-7,9,21,23H,1H3,(H,22,24)/b11-9-. The fourth-order valence-electron chi connectivity index (χ4n) is 1.88. The van der Waals surface area contributed by atoms with Gasteiger partial charge >= 0.3 is 0 Å². The number of carbonyl (C=O) groups excluding carboxylic acids is 1. The molecular weight excluding hydrogens is 349 g/mol. The lowest BCUT2D eigenvalue weighted by Gasteiger charge is -2.09. The van der Waals surface area contributed by atoms with Crippen molar-refractivity contribution in [3.05, 3.63) is 63.8 Å². The Morgan fingerprint density at radius 2 is 1.92 bits per heavy atom. The Kier molecular flexibility index (Phi) is 5.69. The van der Waals surface area contributed by atoms with E-state index in [1.807, 2.05) is 6.07 Å². The molecule has 0 aliphatic rings. The van der Waals surface area contributed by atoms with Crippen molar-refractivity contribution >= 4 is 40.5 Å². The SMILES string of the molecule is Cc1cc(O)ccc1NC(=O)/C(C#N)=C\Nc1ccc(Cl)cc1Cl. The number of anilines is 2. The van der Waals surface area contributed by atoms with Crippen molar-refractivity contribution in [3.63, 3.8) is 0 Å². The van der Waals surface area contributed by atoms with Crippen molar-refractivity contribution in [2.24, 2.45) is 0 Å². The summed E-state index contributed by atoms with van der Waals surface area (Å²) in [5.41, 5.74) is 1.56. The molecule has 2 aromatic rings. The van der Waals surface area contributed by atoms with E-state index in [-0.39, 0.29) is 11.3 Å². The van der Waals surface area contributed by atoms with Crippen LogP contribution < -0.4 is 10.6 Å². The molecule has 0 aliphatic carbocycles. The van der Waals surface area contributed by atoms with E-state index < -0.39 is 5.91 Å². The molecule has 0 spiro atoms. The summed E-state index contributed by atoms with van der Waals surface area (Å²) in [6, 6.07) is 11.2. The Hall–Kier alpha value is -2.68. The molecule has 0 fully saturated rings. The van der Waals surface area contributed by atoms with E-state index in [0.717, 1.165) is 0 Å². The number of hydrogen-bond donors (Lipinski definition) is 3. The molecule has 3 N–H and O–H groups in total. The van der Waals surface area contributed by atoms with Gasteiger partial charge < -0.3 is 15.7 Å². The highest BCUT2D eigenvalue weighted by atomic mass is 35.5. The lowest BCUT2D eigenvalue weighted by molar-refractivity contribution is -0.112. The number of nitriles is 1. The van der Waals surface area contributed by atoms with Gasteiger partial charge in [0, 0.05) is 16.9 Å². The molecular formula is C17H13Cl2N3O2. The molecule has 0 saturated carbocycles. The summed E-state index contributed by atoms with van der Waals surface area (Å²) in [6.07, 6.45) is 1.26. The van der Waals surface area contributed by atoms with Crippen LogP contribution in [-0.2, 0) is 4.79 Å². The van der Waals surface area contributed by atoms with E-state index in [4.69, 9.17) is 28.5 Å².